The molecule has 0 aliphatic heterocycles. The van der Waals surface area contributed by atoms with Gasteiger partial charge in [0, 0.05) is 19.0 Å². The molecule has 0 unspecified atom stereocenters. The number of aromatic nitrogens is 3. The van der Waals surface area contributed by atoms with Gasteiger partial charge in [0.15, 0.2) is 5.65 Å². The number of nitrogens with zero attached hydrogens (tertiary/aromatic N) is 3. The highest BCUT2D eigenvalue weighted by Gasteiger charge is 2.06. The van der Waals surface area contributed by atoms with Crippen LogP contribution in [0.25, 0.3) is 11.0 Å². The smallest absolute Gasteiger partial charge is 0.157 e. The van der Waals surface area contributed by atoms with Crippen LogP contribution in [0.4, 0.5) is 5.69 Å². The molecule has 0 radical (unpaired) electrons. The minimum atomic E-state index is 0.798. The van der Waals surface area contributed by atoms with Crippen LogP contribution < -0.4 is 5.32 Å². The zero-order valence-electron chi connectivity index (χ0n) is 12.0. The lowest BCUT2D eigenvalue weighted by Gasteiger charge is -2.07. The van der Waals surface area contributed by atoms with E-state index in [4.69, 9.17) is 0 Å². The van der Waals surface area contributed by atoms with Gasteiger partial charge in [0.1, 0.15) is 0 Å². The van der Waals surface area contributed by atoms with Crippen LogP contribution in [0.2, 0.25) is 0 Å². The molecular formula is C16H18N4. The second-order valence-electron chi connectivity index (χ2n) is 5.14. The number of benzene rings is 1. The Balaban J connectivity index is 1.80. The van der Waals surface area contributed by atoms with Gasteiger partial charge in [0.05, 0.1) is 17.6 Å². The fourth-order valence-electron chi connectivity index (χ4n) is 2.31. The largest absolute Gasteiger partial charge is 0.380 e. The maximum Gasteiger partial charge on any atom is 0.157 e. The molecule has 3 rings (SSSR count). The minimum absolute atomic E-state index is 0.798. The fourth-order valence-corrected chi connectivity index (χ4v) is 2.31. The number of fused-ring (bicyclic) bond motifs is 1. The van der Waals surface area contributed by atoms with Crippen LogP contribution in [0.1, 0.15) is 16.8 Å². The lowest BCUT2D eigenvalue weighted by molar-refractivity contribution is 0.774. The summed E-state index contributed by atoms with van der Waals surface area (Å²) in [5, 5.41) is 8.89. The van der Waals surface area contributed by atoms with Crippen molar-refractivity contribution in [2.45, 2.75) is 20.4 Å². The Hall–Kier alpha value is -2.36. The summed E-state index contributed by atoms with van der Waals surface area (Å²) in [4.78, 5) is 4.47. The Morgan fingerprint density at radius 3 is 2.65 bits per heavy atom. The van der Waals surface area contributed by atoms with Crippen molar-refractivity contribution >= 4 is 16.7 Å². The second kappa shape index (κ2) is 4.96. The Morgan fingerprint density at radius 2 is 1.90 bits per heavy atom. The topological polar surface area (TPSA) is 42.7 Å². The quantitative estimate of drug-likeness (QED) is 0.791. The molecule has 2 aromatic heterocycles. The van der Waals surface area contributed by atoms with Crippen molar-refractivity contribution in [3.63, 3.8) is 0 Å². The highest BCUT2D eigenvalue weighted by atomic mass is 15.3. The van der Waals surface area contributed by atoms with E-state index in [1.54, 1.807) is 0 Å². The normalized spacial score (nSPS) is 10.9. The maximum atomic E-state index is 4.47. The maximum absolute atomic E-state index is 4.47. The van der Waals surface area contributed by atoms with Crippen molar-refractivity contribution in [2.24, 2.45) is 7.05 Å². The van der Waals surface area contributed by atoms with Crippen LogP contribution in [0.15, 0.2) is 36.5 Å². The van der Waals surface area contributed by atoms with Crippen LogP contribution in [-0.2, 0) is 13.6 Å². The third kappa shape index (κ3) is 2.37. The lowest BCUT2D eigenvalue weighted by Crippen LogP contribution is -2.00. The van der Waals surface area contributed by atoms with Crippen molar-refractivity contribution in [3.8, 4) is 0 Å². The van der Waals surface area contributed by atoms with Gasteiger partial charge >= 0.3 is 0 Å². The second-order valence-corrected chi connectivity index (χ2v) is 5.14. The molecule has 4 nitrogen and oxygen atoms in total. The molecule has 0 saturated carbocycles. The summed E-state index contributed by atoms with van der Waals surface area (Å²) in [6.45, 7) is 4.90. The van der Waals surface area contributed by atoms with Crippen molar-refractivity contribution in [3.05, 3.63) is 53.3 Å². The SMILES string of the molecule is Cc1ccc(CNc2cnc3c(c2)c(C)nn3C)cc1. The van der Waals surface area contributed by atoms with Gasteiger partial charge in [-0.2, -0.15) is 5.10 Å². The van der Waals surface area contributed by atoms with Crippen molar-refractivity contribution in [1.82, 2.24) is 14.8 Å². The first-order chi connectivity index (χ1) is 9.63. The summed E-state index contributed by atoms with van der Waals surface area (Å²) in [5.41, 5.74) is 5.49. The van der Waals surface area contributed by atoms with Gasteiger partial charge in [-0.25, -0.2) is 4.98 Å². The molecule has 0 saturated heterocycles. The molecule has 0 bridgehead atoms. The number of hydrogen-bond acceptors (Lipinski definition) is 3. The van der Waals surface area contributed by atoms with E-state index in [9.17, 15) is 0 Å². The van der Waals surface area contributed by atoms with E-state index in [1.165, 1.54) is 11.1 Å². The van der Waals surface area contributed by atoms with Crippen molar-refractivity contribution in [1.29, 1.82) is 0 Å². The third-order valence-corrected chi connectivity index (χ3v) is 3.48. The molecule has 0 atom stereocenters. The molecule has 0 amide bonds. The van der Waals surface area contributed by atoms with Gasteiger partial charge < -0.3 is 5.32 Å². The van der Waals surface area contributed by atoms with E-state index < -0.39 is 0 Å². The molecule has 0 aliphatic carbocycles. The zero-order chi connectivity index (χ0) is 14.1. The first-order valence-electron chi connectivity index (χ1n) is 6.72. The van der Waals surface area contributed by atoms with Gasteiger partial charge in [-0.1, -0.05) is 29.8 Å². The first-order valence-corrected chi connectivity index (χ1v) is 6.72. The number of nitrogens with one attached hydrogen (secondary N) is 1. The molecule has 0 spiro atoms. The predicted molar refractivity (Wildman–Crippen MR) is 81.8 cm³/mol. The van der Waals surface area contributed by atoms with E-state index in [0.29, 0.717) is 0 Å². The van der Waals surface area contributed by atoms with E-state index in [-0.39, 0.29) is 0 Å². The number of pyridine rings is 1. The van der Waals surface area contributed by atoms with Gasteiger partial charge in [-0.3, -0.25) is 4.68 Å². The predicted octanol–water partition coefficient (Wildman–Crippen LogP) is 3.20. The van der Waals surface area contributed by atoms with Crippen LogP contribution in [0.3, 0.4) is 0 Å². The van der Waals surface area contributed by atoms with Gasteiger partial charge in [-0.15, -0.1) is 0 Å². The van der Waals surface area contributed by atoms with Gasteiger partial charge in [0.2, 0.25) is 0 Å². The number of anilines is 1. The summed E-state index contributed by atoms with van der Waals surface area (Å²) in [7, 11) is 1.92. The molecule has 4 heteroatoms. The van der Waals surface area contributed by atoms with Crippen molar-refractivity contribution in [2.75, 3.05) is 5.32 Å². The molecule has 2 heterocycles. The molecule has 1 N–H and O–H groups in total. The van der Waals surface area contributed by atoms with E-state index in [1.807, 2.05) is 24.9 Å². The Bertz CT molecular complexity index is 741. The first kappa shape index (κ1) is 12.7. The monoisotopic (exact) mass is 266 g/mol. The molecule has 0 fully saturated rings. The van der Waals surface area contributed by atoms with E-state index in [0.717, 1.165) is 29.0 Å². The van der Waals surface area contributed by atoms with Crippen LogP contribution in [-0.4, -0.2) is 14.8 Å². The highest BCUT2D eigenvalue weighted by Crippen LogP contribution is 2.19. The molecule has 0 aliphatic rings. The molecule has 3 aromatic rings. The fraction of sp³-hybridized carbons (Fsp3) is 0.250. The molecule has 102 valence electrons. The summed E-state index contributed by atoms with van der Waals surface area (Å²) >= 11 is 0. The van der Waals surface area contributed by atoms with Gasteiger partial charge in [0.25, 0.3) is 0 Å². The lowest BCUT2D eigenvalue weighted by atomic mass is 10.1. The van der Waals surface area contributed by atoms with E-state index in [2.05, 4.69) is 52.7 Å². The molecule has 1 aromatic carbocycles. The van der Waals surface area contributed by atoms with Crippen LogP contribution >= 0.6 is 0 Å². The number of aryl methyl sites for hydroxylation is 3. The summed E-state index contributed by atoms with van der Waals surface area (Å²) < 4.78 is 1.81. The van der Waals surface area contributed by atoms with Crippen LogP contribution in [0.5, 0.6) is 0 Å². The summed E-state index contributed by atoms with van der Waals surface area (Å²) in [6, 6.07) is 10.7. The summed E-state index contributed by atoms with van der Waals surface area (Å²) in [6.07, 6.45) is 1.86. The average Bonchev–Trinajstić information content (AvgIpc) is 2.73. The Labute approximate surface area is 118 Å². The van der Waals surface area contributed by atoms with Gasteiger partial charge in [-0.05, 0) is 25.5 Å². The number of rotatable bonds is 3. The minimum Gasteiger partial charge on any atom is -0.380 e. The Morgan fingerprint density at radius 1 is 1.15 bits per heavy atom. The average molecular weight is 266 g/mol. The van der Waals surface area contributed by atoms with Crippen LogP contribution in [0, 0.1) is 13.8 Å². The standard InChI is InChI=1S/C16H18N4/c1-11-4-6-13(7-5-11)9-17-14-8-15-12(2)19-20(3)16(15)18-10-14/h4-8,10,17H,9H2,1-3H3. The third-order valence-electron chi connectivity index (χ3n) is 3.48. The zero-order valence-corrected chi connectivity index (χ0v) is 12.0. The molecular weight excluding hydrogens is 248 g/mol. The summed E-state index contributed by atoms with van der Waals surface area (Å²) in [5.74, 6) is 0. The van der Waals surface area contributed by atoms with Crippen molar-refractivity contribution < 1.29 is 0 Å². The Kier molecular flexibility index (Phi) is 3.14. The number of hydrogen-bond donors (Lipinski definition) is 1. The highest BCUT2D eigenvalue weighted by molar-refractivity contribution is 5.81. The van der Waals surface area contributed by atoms with E-state index >= 15 is 0 Å². The molecule has 20 heavy (non-hydrogen) atoms.